The van der Waals surface area contributed by atoms with E-state index in [1.54, 1.807) is 4.68 Å². The van der Waals surface area contributed by atoms with Crippen molar-refractivity contribution in [2.45, 2.75) is 6.10 Å². The Morgan fingerprint density at radius 1 is 1.05 bits per heavy atom. The van der Waals surface area contributed by atoms with Gasteiger partial charge in [0.25, 0.3) is 0 Å². The summed E-state index contributed by atoms with van der Waals surface area (Å²) in [5.41, 5.74) is 1.68. The van der Waals surface area contributed by atoms with Gasteiger partial charge < -0.3 is 9.84 Å². The molecular formula is C15H14N4O2. The number of aliphatic hydroxyl groups is 1. The van der Waals surface area contributed by atoms with Gasteiger partial charge in [-0.15, -0.1) is 5.10 Å². The molecule has 1 aromatic heterocycles. The number of rotatable bonds is 5. The Kier molecular flexibility index (Phi) is 3.88. The van der Waals surface area contributed by atoms with Gasteiger partial charge in [-0.2, -0.15) is 0 Å². The standard InChI is InChI=1S/C15H14N4O2/c20-15(12-4-2-1-3-5-12)10-21-14-8-6-13(7-9-14)19-11-16-17-18-19/h1-9,11,15,20H,10H2. The molecule has 106 valence electrons. The van der Waals surface area contributed by atoms with Crippen molar-refractivity contribution in [3.8, 4) is 11.4 Å². The van der Waals surface area contributed by atoms with Gasteiger partial charge in [0.05, 0.1) is 5.69 Å². The summed E-state index contributed by atoms with van der Waals surface area (Å²) in [6.07, 6.45) is 0.875. The van der Waals surface area contributed by atoms with Crippen molar-refractivity contribution in [3.05, 3.63) is 66.5 Å². The maximum absolute atomic E-state index is 10.0. The Labute approximate surface area is 121 Å². The smallest absolute Gasteiger partial charge is 0.143 e. The third kappa shape index (κ3) is 3.24. The van der Waals surface area contributed by atoms with Crippen LogP contribution in [0, 0.1) is 0 Å². The number of aliphatic hydroxyl groups excluding tert-OH is 1. The van der Waals surface area contributed by atoms with Crippen LogP contribution in [0.5, 0.6) is 5.75 Å². The first-order valence-corrected chi connectivity index (χ1v) is 6.52. The number of tetrazole rings is 1. The molecule has 0 bridgehead atoms. The van der Waals surface area contributed by atoms with Crippen LogP contribution in [0.25, 0.3) is 5.69 Å². The van der Waals surface area contributed by atoms with E-state index in [-0.39, 0.29) is 6.61 Å². The highest BCUT2D eigenvalue weighted by Gasteiger charge is 2.07. The molecule has 1 unspecified atom stereocenters. The van der Waals surface area contributed by atoms with E-state index in [0.29, 0.717) is 5.75 Å². The second-order valence-electron chi connectivity index (χ2n) is 4.49. The zero-order valence-corrected chi connectivity index (χ0v) is 11.2. The number of aromatic nitrogens is 4. The molecule has 3 rings (SSSR count). The van der Waals surface area contributed by atoms with Crippen LogP contribution in [0.3, 0.4) is 0 Å². The summed E-state index contributed by atoms with van der Waals surface area (Å²) < 4.78 is 7.14. The van der Waals surface area contributed by atoms with E-state index in [2.05, 4.69) is 15.5 Å². The van der Waals surface area contributed by atoms with Crippen LogP contribution in [0.4, 0.5) is 0 Å². The Morgan fingerprint density at radius 2 is 1.81 bits per heavy atom. The molecule has 3 aromatic rings. The summed E-state index contributed by atoms with van der Waals surface area (Å²) in [7, 11) is 0. The summed E-state index contributed by atoms with van der Waals surface area (Å²) in [6.45, 7) is 0.203. The van der Waals surface area contributed by atoms with Crippen molar-refractivity contribution in [3.63, 3.8) is 0 Å². The molecule has 6 nitrogen and oxygen atoms in total. The van der Waals surface area contributed by atoms with Crippen molar-refractivity contribution in [2.75, 3.05) is 6.61 Å². The summed E-state index contributed by atoms with van der Waals surface area (Å²) >= 11 is 0. The van der Waals surface area contributed by atoms with E-state index in [9.17, 15) is 5.11 Å². The molecule has 0 radical (unpaired) electrons. The zero-order chi connectivity index (χ0) is 14.5. The Balaban J connectivity index is 1.61. The van der Waals surface area contributed by atoms with Crippen LogP contribution in [0.15, 0.2) is 60.9 Å². The molecule has 21 heavy (non-hydrogen) atoms. The van der Waals surface area contributed by atoms with Crippen molar-refractivity contribution < 1.29 is 9.84 Å². The quantitative estimate of drug-likeness (QED) is 0.772. The van der Waals surface area contributed by atoms with Crippen molar-refractivity contribution >= 4 is 0 Å². The first kappa shape index (κ1) is 13.3. The molecule has 0 saturated heterocycles. The third-order valence-corrected chi connectivity index (χ3v) is 3.04. The van der Waals surface area contributed by atoms with E-state index >= 15 is 0 Å². The highest BCUT2D eigenvalue weighted by Crippen LogP contribution is 2.17. The second kappa shape index (κ2) is 6.15. The predicted molar refractivity (Wildman–Crippen MR) is 76.1 cm³/mol. The van der Waals surface area contributed by atoms with Gasteiger partial charge in [0.2, 0.25) is 0 Å². The molecule has 0 aliphatic heterocycles. The SMILES string of the molecule is OC(COc1ccc(-n2cnnn2)cc1)c1ccccc1. The number of ether oxygens (including phenoxy) is 1. The molecule has 0 amide bonds. The largest absolute Gasteiger partial charge is 0.491 e. The number of nitrogens with zero attached hydrogens (tertiary/aromatic N) is 4. The molecule has 0 saturated carbocycles. The first-order valence-electron chi connectivity index (χ1n) is 6.52. The van der Waals surface area contributed by atoms with E-state index < -0.39 is 6.10 Å². The molecule has 1 atom stereocenters. The van der Waals surface area contributed by atoms with Crippen LogP contribution >= 0.6 is 0 Å². The summed E-state index contributed by atoms with van der Waals surface area (Å²) in [5.74, 6) is 0.682. The second-order valence-corrected chi connectivity index (χ2v) is 4.49. The van der Waals surface area contributed by atoms with Gasteiger partial charge in [0.1, 0.15) is 24.8 Å². The maximum atomic E-state index is 10.0. The summed E-state index contributed by atoms with van der Waals surface area (Å²) in [5, 5.41) is 21.0. The zero-order valence-electron chi connectivity index (χ0n) is 11.2. The normalized spacial score (nSPS) is 12.0. The highest BCUT2D eigenvalue weighted by molar-refractivity contribution is 5.36. The molecule has 2 aromatic carbocycles. The average Bonchev–Trinajstić information content (AvgIpc) is 3.08. The number of hydrogen-bond donors (Lipinski definition) is 1. The molecule has 0 aliphatic carbocycles. The van der Waals surface area contributed by atoms with Gasteiger partial charge in [-0.3, -0.25) is 0 Å². The Bertz CT molecular complexity index is 669. The number of hydrogen-bond acceptors (Lipinski definition) is 5. The minimum absolute atomic E-state index is 0.203. The van der Waals surface area contributed by atoms with Gasteiger partial charge in [0, 0.05) is 0 Å². The van der Waals surface area contributed by atoms with Crippen LogP contribution < -0.4 is 4.74 Å². The van der Waals surface area contributed by atoms with Crippen molar-refractivity contribution in [2.24, 2.45) is 0 Å². The van der Waals surface area contributed by atoms with E-state index in [1.165, 1.54) is 6.33 Å². The molecule has 6 heteroatoms. The average molecular weight is 282 g/mol. The third-order valence-electron chi connectivity index (χ3n) is 3.04. The Hall–Kier alpha value is -2.73. The molecular weight excluding hydrogens is 268 g/mol. The fourth-order valence-corrected chi connectivity index (χ4v) is 1.92. The summed E-state index contributed by atoms with van der Waals surface area (Å²) in [6, 6.07) is 16.8. The maximum Gasteiger partial charge on any atom is 0.143 e. The van der Waals surface area contributed by atoms with E-state index in [1.807, 2.05) is 54.6 Å². The topological polar surface area (TPSA) is 73.1 Å². The van der Waals surface area contributed by atoms with Crippen LogP contribution in [-0.4, -0.2) is 31.9 Å². The van der Waals surface area contributed by atoms with Crippen LogP contribution in [-0.2, 0) is 0 Å². The lowest BCUT2D eigenvalue weighted by Gasteiger charge is -2.12. The lowest BCUT2D eigenvalue weighted by molar-refractivity contribution is 0.108. The Morgan fingerprint density at radius 3 is 2.48 bits per heavy atom. The predicted octanol–water partition coefficient (Wildman–Crippen LogP) is 1.77. The fraction of sp³-hybridized carbons (Fsp3) is 0.133. The lowest BCUT2D eigenvalue weighted by atomic mass is 10.1. The molecule has 0 aliphatic rings. The van der Waals surface area contributed by atoms with Gasteiger partial charge in [-0.05, 0) is 40.3 Å². The minimum Gasteiger partial charge on any atom is -0.491 e. The molecule has 0 spiro atoms. The van der Waals surface area contributed by atoms with Gasteiger partial charge in [-0.1, -0.05) is 30.3 Å². The van der Waals surface area contributed by atoms with E-state index in [0.717, 1.165) is 11.3 Å². The molecule has 0 fully saturated rings. The fourth-order valence-electron chi connectivity index (χ4n) is 1.92. The van der Waals surface area contributed by atoms with E-state index in [4.69, 9.17) is 4.74 Å². The van der Waals surface area contributed by atoms with Crippen molar-refractivity contribution in [1.82, 2.24) is 20.2 Å². The van der Waals surface area contributed by atoms with Gasteiger partial charge in [-0.25, -0.2) is 4.68 Å². The molecule has 1 heterocycles. The highest BCUT2D eigenvalue weighted by atomic mass is 16.5. The molecule has 1 N–H and O–H groups in total. The van der Waals surface area contributed by atoms with Crippen LogP contribution in [0.2, 0.25) is 0 Å². The monoisotopic (exact) mass is 282 g/mol. The lowest BCUT2D eigenvalue weighted by Crippen LogP contribution is -2.09. The van der Waals surface area contributed by atoms with Gasteiger partial charge >= 0.3 is 0 Å². The minimum atomic E-state index is -0.648. The number of benzene rings is 2. The summed E-state index contributed by atoms with van der Waals surface area (Å²) in [4.78, 5) is 0. The first-order chi connectivity index (χ1) is 10.3. The van der Waals surface area contributed by atoms with Gasteiger partial charge in [0.15, 0.2) is 0 Å². The van der Waals surface area contributed by atoms with Crippen LogP contribution in [0.1, 0.15) is 11.7 Å². The van der Waals surface area contributed by atoms with Crippen molar-refractivity contribution in [1.29, 1.82) is 0 Å².